The van der Waals surface area contributed by atoms with E-state index in [1.807, 2.05) is 13.8 Å². The molecule has 0 unspecified atom stereocenters. The number of nitrogens with one attached hydrogen (secondary N) is 3. The molecule has 0 saturated carbocycles. The van der Waals surface area contributed by atoms with Crippen LogP contribution in [0.5, 0.6) is 0 Å². The van der Waals surface area contributed by atoms with Crippen molar-refractivity contribution in [1.82, 2.24) is 16.0 Å². The van der Waals surface area contributed by atoms with Crippen LogP contribution < -0.4 is 16.0 Å². The van der Waals surface area contributed by atoms with E-state index < -0.39 is 48.8 Å². The molecule has 0 aromatic heterocycles. The number of aliphatic hydroxyl groups excluding tert-OH is 2. The highest BCUT2D eigenvalue weighted by Crippen LogP contribution is 2.13. The van der Waals surface area contributed by atoms with Crippen molar-refractivity contribution in [3.8, 4) is 0 Å². The minimum Gasteiger partial charge on any atom is -0.395 e. The maximum atomic E-state index is 12.7. The lowest BCUT2D eigenvalue weighted by Crippen LogP contribution is -2.52. The normalized spacial score (nSPS) is 13.6. The van der Waals surface area contributed by atoms with Gasteiger partial charge in [0.2, 0.25) is 17.7 Å². The first-order valence-corrected chi connectivity index (χ1v) is 14.8. The van der Waals surface area contributed by atoms with Crippen molar-refractivity contribution < 1.29 is 29.4 Å². The number of Topliss-reactive ketones (excluding diaryl/α,β-unsaturated/α-hetero) is 1. The van der Waals surface area contributed by atoms with Crippen molar-refractivity contribution in [1.29, 1.82) is 0 Å². The van der Waals surface area contributed by atoms with Gasteiger partial charge in [-0.25, -0.2) is 0 Å². The maximum absolute atomic E-state index is 12.7. The highest BCUT2D eigenvalue weighted by atomic mass is 16.3. The Hall–Kier alpha value is -2.00. The predicted molar refractivity (Wildman–Crippen MR) is 150 cm³/mol. The highest BCUT2D eigenvalue weighted by molar-refractivity contribution is 5.90. The van der Waals surface area contributed by atoms with Crippen molar-refractivity contribution >= 4 is 23.5 Å². The van der Waals surface area contributed by atoms with E-state index in [1.54, 1.807) is 0 Å². The lowest BCUT2D eigenvalue weighted by atomic mass is 10.0. The van der Waals surface area contributed by atoms with Gasteiger partial charge in [0, 0.05) is 13.0 Å². The van der Waals surface area contributed by atoms with Crippen molar-refractivity contribution in [2.75, 3.05) is 19.8 Å². The third kappa shape index (κ3) is 17.5. The molecule has 0 fully saturated rings. The Kier molecular flexibility index (Phi) is 21.7. The van der Waals surface area contributed by atoms with Gasteiger partial charge in [0.1, 0.15) is 12.1 Å². The Labute approximate surface area is 230 Å². The van der Waals surface area contributed by atoms with Gasteiger partial charge in [-0.05, 0) is 19.3 Å². The molecule has 3 amide bonds. The summed E-state index contributed by atoms with van der Waals surface area (Å²) in [6.45, 7) is 5.88. The molecule has 0 rings (SSSR count). The SMILES string of the molecule is CCCCCCCCCCCCCCCC(=O)N[C@H](C(=O)NC[C@@H](CO)C(=O)N[C@@H](CO)C(C)=O)C(C)C. The van der Waals surface area contributed by atoms with E-state index in [2.05, 4.69) is 22.9 Å². The summed E-state index contributed by atoms with van der Waals surface area (Å²) in [4.78, 5) is 48.8. The Morgan fingerprint density at radius 1 is 0.684 bits per heavy atom. The molecule has 5 N–H and O–H groups in total. The number of amides is 3. The first kappa shape index (κ1) is 36.0. The molecule has 9 nitrogen and oxygen atoms in total. The largest absolute Gasteiger partial charge is 0.395 e. The molecule has 0 aliphatic rings. The summed E-state index contributed by atoms with van der Waals surface area (Å²) in [5, 5.41) is 26.5. The van der Waals surface area contributed by atoms with Crippen LogP contribution in [0.2, 0.25) is 0 Å². The van der Waals surface area contributed by atoms with E-state index in [4.69, 9.17) is 0 Å². The van der Waals surface area contributed by atoms with Crippen LogP contribution in [0.25, 0.3) is 0 Å². The van der Waals surface area contributed by atoms with Gasteiger partial charge in [-0.3, -0.25) is 19.2 Å². The molecule has 0 aromatic rings. The van der Waals surface area contributed by atoms with Crippen molar-refractivity contribution in [2.24, 2.45) is 11.8 Å². The Bertz CT molecular complexity index is 671. The average Bonchev–Trinajstić information content (AvgIpc) is 2.88. The van der Waals surface area contributed by atoms with Gasteiger partial charge in [0.05, 0.1) is 19.1 Å². The third-order valence-electron chi connectivity index (χ3n) is 6.88. The lowest BCUT2D eigenvalue weighted by Gasteiger charge is -2.23. The number of unbranched alkanes of at least 4 members (excludes halogenated alkanes) is 12. The molecule has 0 aromatic carbocycles. The van der Waals surface area contributed by atoms with Crippen LogP contribution in [0.1, 0.15) is 118 Å². The van der Waals surface area contributed by atoms with E-state index in [0.717, 1.165) is 19.3 Å². The summed E-state index contributed by atoms with van der Waals surface area (Å²) in [6, 6.07) is -1.81. The Balaban J connectivity index is 4.22. The highest BCUT2D eigenvalue weighted by Gasteiger charge is 2.27. The fourth-order valence-corrected chi connectivity index (χ4v) is 4.22. The standard InChI is InChI=1S/C29H55N3O6/c1-5-6-7-8-9-10-11-12-13-14-15-16-17-18-26(36)32-27(22(2)3)29(38)30-19-24(20-33)28(37)31-25(21-34)23(4)35/h22,24-25,27,33-34H,5-21H2,1-4H3,(H,30,38)(H,31,37)(H,32,36)/t24-,25-,27-/m0/s1. The van der Waals surface area contributed by atoms with Crippen LogP contribution >= 0.6 is 0 Å². The number of aliphatic hydroxyl groups is 2. The number of carbonyl (C=O) groups is 4. The van der Waals surface area contributed by atoms with Gasteiger partial charge < -0.3 is 26.2 Å². The Morgan fingerprint density at radius 3 is 1.61 bits per heavy atom. The maximum Gasteiger partial charge on any atom is 0.242 e. The summed E-state index contributed by atoms with van der Waals surface area (Å²) in [5.74, 6) is -2.81. The van der Waals surface area contributed by atoms with Crippen LogP contribution in [-0.2, 0) is 19.2 Å². The second-order valence-electron chi connectivity index (χ2n) is 10.8. The van der Waals surface area contributed by atoms with Gasteiger partial charge in [-0.2, -0.15) is 0 Å². The second kappa shape index (κ2) is 22.9. The van der Waals surface area contributed by atoms with E-state index in [1.165, 1.54) is 71.1 Å². The molecule has 3 atom stereocenters. The summed E-state index contributed by atoms with van der Waals surface area (Å²) < 4.78 is 0. The topological polar surface area (TPSA) is 145 Å². The fourth-order valence-electron chi connectivity index (χ4n) is 4.22. The first-order chi connectivity index (χ1) is 18.2. The molecule has 0 bridgehead atoms. The molecule has 38 heavy (non-hydrogen) atoms. The van der Waals surface area contributed by atoms with E-state index in [9.17, 15) is 29.4 Å². The van der Waals surface area contributed by atoms with Crippen molar-refractivity contribution in [2.45, 2.75) is 130 Å². The minimum atomic E-state index is -1.06. The molecule has 0 spiro atoms. The molecule has 0 radical (unpaired) electrons. The smallest absolute Gasteiger partial charge is 0.242 e. The van der Waals surface area contributed by atoms with Gasteiger partial charge in [-0.1, -0.05) is 97.8 Å². The van der Waals surface area contributed by atoms with Crippen LogP contribution in [0.3, 0.4) is 0 Å². The molecule has 0 heterocycles. The van der Waals surface area contributed by atoms with E-state index >= 15 is 0 Å². The summed E-state index contributed by atoms with van der Waals surface area (Å²) in [7, 11) is 0. The molecular weight excluding hydrogens is 486 g/mol. The van der Waals surface area contributed by atoms with Crippen molar-refractivity contribution in [3.05, 3.63) is 0 Å². The fraction of sp³-hybridized carbons (Fsp3) is 0.862. The number of ketones is 1. The molecule has 222 valence electrons. The van der Waals surface area contributed by atoms with Crippen LogP contribution in [0.4, 0.5) is 0 Å². The van der Waals surface area contributed by atoms with E-state index in [-0.39, 0.29) is 18.4 Å². The number of hydrogen-bond acceptors (Lipinski definition) is 6. The van der Waals surface area contributed by atoms with Gasteiger partial charge in [0.25, 0.3) is 0 Å². The van der Waals surface area contributed by atoms with Gasteiger partial charge in [-0.15, -0.1) is 0 Å². The zero-order chi connectivity index (χ0) is 28.8. The monoisotopic (exact) mass is 541 g/mol. The lowest BCUT2D eigenvalue weighted by molar-refractivity contribution is -0.132. The molecule has 9 heteroatoms. The van der Waals surface area contributed by atoms with Crippen LogP contribution in [-0.4, -0.2) is 65.6 Å². The first-order valence-electron chi connectivity index (χ1n) is 14.8. The van der Waals surface area contributed by atoms with Crippen LogP contribution in [0.15, 0.2) is 0 Å². The Morgan fingerprint density at radius 2 is 1.18 bits per heavy atom. The average molecular weight is 542 g/mol. The zero-order valence-corrected chi connectivity index (χ0v) is 24.4. The quantitative estimate of drug-likeness (QED) is 0.118. The summed E-state index contributed by atoms with van der Waals surface area (Å²) in [6.07, 6.45) is 16.4. The second-order valence-corrected chi connectivity index (χ2v) is 10.8. The van der Waals surface area contributed by atoms with E-state index in [0.29, 0.717) is 6.42 Å². The number of hydrogen-bond donors (Lipinski definition) is 5. The number of carbonyl (C=O) groups excluding carboxylic acids is 4. The summed E-state index contributed by atoms with van der Waals surface area (Å²) >= 11 is 0. The van der Waals surface area contributed by atoms with Crippen LogP contribution in [0, 0.1) is 11.8 Å². The predicted octanol–water partition coefficient (Wildman–Crippen LogP) is 3.40. The molecule has 0 aliphatic carbocycles. The molecular formula is C29H55N3O6. The summed E-state index contributed by atoms with van der Waals surface area (Å²) in [5.41, 5.74) is 0. The van der Waals surface area contributed by atoms with Gasteiger partial charge in [0.15, 0.2) is 5.78 Å². The van der Waals surface area contributed by atoms with Gasteiger partial charge >= 0.3 is 0 Å². The minimum absolute atomic E-state index is 0.158. The van der Waals surface area contributed by atoms with Crippen molar-refractivity contribution in [3.63, 3.8) is 0 Å². The molecule has 0 saturated heterocycles. The zero-order valence-electron chi connectivity index (χ0n) is 24.4. The third-order valence-corrected chi connectivity index (χ3v) is 6.88. The molecule has 0 aliphatic heterocycles. The number of rotatable bonds is 24.